The molecule has 0 aliphatic carbocycles. The van der Waals surface area contributed by atoms with Crippen LogP contribution in [0.2, 0.25) is 0 Å². The zero-order valence-corrected chi connectivity index (χ0v) is 10.1. The standard InChI is InChI=1S/C12H10BrN3/c13-10-5-3-4-9(8-10)12(16-14)11-6-1-2-7-15-11/h1-8H,14H2. The average Bonchev–Trinajstić information content (AvgIpc) is 2.31. The first-order valence-corrected chi connectivity index (χ1v) is 5.56. The summed E-state index contributed by atoms with van der Waals surface area (Å²) in [5.41, 5.74) is 2.39. The number of nitrogens with zero attached hydrogens (tertiary/aromatic N) is 2. The Labute approximate surface area is 102 Å². The molecular formula is C12H10BrN3. The summed E-state index contributed by atoms with van der Waals surface area (Å²) in [4.78, 5) is 4.23. The highest BCUT2D eigenvalue weighted by Crippen LogP contribution is 2.14. The van der Waals surface area contributed by atoms with Crippen molar-refractivity contribution < 1.29 is 0 Å². The molecule has 0 amide bonds. The lowest BCUT2D eigenvalue weighted by Gasteiger charge is -2.04. The van der Waals surface area contributed by atoms with E-state index in [1.807, 2.05) is 42.5 Å². The number of rotatable bonds is 2. The largest absolute Gasteiger partial charge is 0.323 e. The van der Waals surface area contributed by atoms with Crippen molar-refractivity contribution in [3.63, 3.8) is 0 Å². The number of pyridine rings is 1. The van der Waals surface area contributed by atoms with E-state index in [9.17, 15) is 0 Å². The van der Waals surface area contributed by atoms with Crippen LogP contribution in [-0.2, 0) is 0 Å². The van der Waals surface area contributed by atoms with Crippen LogP contribution in [0, 0.1) is 0 Å². The summed E-state index contributed by atoms with van der Waals surface area (Å²) in [6.07, 6.45) is 1.72. The average molecular weight is 276 g/mol. The summed E-state index contributed by atoms with van der Waals surface area (Å²) >= 11 is 3.42. The molecule has 0 radical (unpaired) electrons. The summed E-state index contributed by atoms with van der Waals surface area (Å²) in [6.45, 7) is 0. The van der Waals surface area contributed by atoms with Crippen LogP contribution in [0.5, 0.6) is 0 Å². The highest BCUT2D eigenvalue weighted by atomic mass is 79.9. The molecular weight excluding hydrogens is 266 g/mol. The van der Waals surface area contributed by atoms with Gasteiger partial charge in [-0.1, -0.05) is 34.1 Å². The smallest absolute Gasteiger partial charge is 0.116 e. The van der Waals surface area contributed by atoms with Crippen LogP contribution in [0.3, 0.4) is 0 Å². The molecule has 2 aromatic rings. The van der Waals surface area contributed by atoms with E-state index in [1.54, 1.807) is 6.20 Å². The minimum atomic E-state index is 0.682. The van der Waals surface area contributed by atoms with Crippen LogP contribution in [0.15, 0.2) is 58.2 Å². The van der Waals surface area contributed by atoms with Crippen LogP contribution < -0.4 is 5.84 Å². The molecule has 0 atom stereocenters. The fourth-order valence-electron chi connectivity index (χ4n) is 1.43. The topological polar surface area (TPSA) is 51.3 Å². The zero-order valence-electron chi connectivity index (χ0n) is 8.47. The molecule has 1 aromatic heterocycles. The van der Waals surface area contributed by atoms with E-state index in [0.717, 1.165) is 15.7 Å². The number of hydrogen-bond donors (Lipinski definition) is 1. The Morgan fingerprint density at radius 1 is 1.19 bits per heavy atom. The quantitative estimate of drug-likeness (QED) is 0.520. The van der Waals surface area contributed by atoms with Gasteiger partial charge in [0, 0.05) is 16.2 Å². The van der Waals surface area contributed by atoms with E-state index < -0.39 is 0 Å². The van der Waals surface area contributed by atoms with Gasteiger partial charge in [0.2, 0.25) is 0 Å². The van der Waals surface area contributed by atoms with Gasteiger partial charge in [0.15, 0.2) is 0 Å². The van der Waals surface area contributed by atoms with E-state index in [-0.39, 0.29) is 0 Å². The SMILES string of the molecule is NN=C(c1cccc(Br)c1)c1ccccn1. The molecule has 2 N–H and O–H groups in total. The van der Waals surface area contributed by atoms with Gasteiger partial charge in [0.25, 0.3) is 0 Å². The molecule has 0 saturated heterocycles. The number of aromatic nitrogens is 1. The number of hydrogen-bond acceptors (Lipinski definition) is 3. The molecule has 0 fully saturated rings. The summed E-state index contributed by atoms with van der Waals surface area (Å²) < 4.78 is 0.988. The Bertz CT molecular complexity index is 509. The summed E-state index contributed by atoms with van der Waals surface area (Å²) in [5, 5.41) is 3.80. The second kappa shape index (κ2) is 4.90. The van der Waals surface area contributed by atoms with E-state index >= 15 is 0 Å². The maximum Gasteiger partial charge on any atom is 0.116 e. The van der Waals surface area contributed by atoms with Gasteiger partial charge in [-0.2, -0.15) is 5.10 Å². The maximum absolute atomic E-state index is 5.42. The molecule has 0 spiro atoms. The van der Waals surface area contributed by atoms with Gasteiger partial charge in [-0.3, -0.25) is 4.98 Å². The Hall–Kier alpha value is -1.68. The predicted molar refractivity (Wildman–Crippen MR) is 68.2 cm³/mol. The lowest BCUT2D eigenvalue weighted by atomic mass is 10.1. The number of hydrazone groups is 1. The van der Waals surface area contributed by atoms with Crippen molar-refractivity contribution in [1.29, 1.82) is 0 Å². The molecule has 3 nitrogen and oxygen atoms in total. The fraction of sp³-hybridized carbons (Fsp3) is 0. The minimum Gasteiger partial charge on any atom is -0.323 e. The van der Waals surface area contributed by atoms with Gasteiger partial charge in [-0.15, -0.1) is 0 Å². The lowest BCUT2D eigenvalue weighted by molar-refractivity contribution is 1.21. The molecule has 1 heterocycles. The first-order chi connectivity index (χ1) is 7.81. The maximum atomic E-state index is 5.42. The first-order valence-electron chi connectivity index (χ1n) is 4.76. The first kappa shape index (κ1) is 10.8. The van der Waals surface area contributed by atoms with Crippen LogP contribution in [0.1, 0.15) is 11.3 Å². The normalized spacial score (nSPS) is 11.4. The van der Waals surface area contributed by atoms with Crippen LogP contribution in [-0.4, -0.2) is 10.7 Å². The molecule has 0 aliphatic heterocycles. The number of halogens is 1. The Kier molecular flexibility index (Phi) is 3.31. The summed E-state index contributed by atoms with van der Waals surface area (Å²) in [7, 11) is 0. The highest BCUT2D eigenvalue weighted by Gasteiger charge is 2.07. The third-order valence-corrected chi connectivity index (χ3v) is 2.63. The Morgan fingerprint density at radius 2 is 2.06 bits per heavy atom. The van der Waals surface area contributed by atoms with E-state index in [1.165, 1.54) is 0 Å². The van der Waals surface area contributed by atoms with Crippen molar-refractivity contribution in [3.8, 4) is 0 Å². The second-order valence-corrected chi connectivity index (χ2v) is 4.12. The van der Waals surface area contributed by atoms with Gasteiger partial charge in [0.05, 0.1) is 5.69 Å². The molecule has 4 heteroatoms. The minimum absolute atomic E-state index is 0.682. The van der Waals surface area contributed by atoms with Crippen molar-refractivity contribution in [2.45, 2.75) is 0 Å². The van der Waals surface area contributed by atoms with E-state index in [2.05, 4.69) is 26.0 Å². The third kappa shape index (κ3) is 2.28. The monoisotopic (exact) mass is 275 g/mol. The fourth-order valence-corrected chi connectivity index (χ4v) is 1.83. The van der Waals surface area contributed by atoms with Gasteiger partial charge in [-0.25, -0.2) is 0 Å². The molecule has 0 unspecified atom stereocenters. The Balaban J connectivity index is 2.46. The van der Waals surface area contributed by atoms with Gasteiger partial charge < -0.3 is 5.84 Å². The second-order valence-electron chi connectivity index (χ2n) is 3.20. The molecule has 1 aromatic carbocycles. The van der Waals surface area contributed by atoms with Crippen molar-refractivity contribution in [3.05, 3.63) is 64.4 Å². The van der Waals surface area contributed by atoms with E-state index in [0.29, 0.717) is 5.71 Å². The van der Waals surface area contributed by atoms with Gasteiger partial charge in [0.1, 0.15) is 5.71 Å². The Morgan fingerprint density at radius 3 is 2.69 bits per heavy atom. The van der Waals surface area contributed by atoms with Crippen LogP contribution >= 0.6 is 15.9 Å². The summed E-state index contributed by atoms with van der Waals surface area (Å²) in [6, 6.07) is 13.5. The molecule has 0 aliphatic rings. The van der Waals surface area contributed by atoms with Gasteiger partial charge in [-0.05, 0) is 24.3 Å². The highest BCUT2D eigenvalue weighted by molar-refractivity contribution is 9.10. The third-order valence-electron chi connectivity index (χ3n) is 2.13. The van der Waals surface area contributed by atoms with Crippen LogP contribution in [0.25, 0.3) is 0 Å². The van der Waals surface area contributed by atoms with Gasteiger partial charge >= 0.3 is 0 Å². The molecule has 0 saturated carbocycles. The number of nitrogens with two attached hydrogens (primary N) is 1. The molecule has 0 bridgehead atoms. The molecule has 2 rings (SSSR count). The predicted octanol–water partition coefficient (Wildman–Crippen LogP) is 2.56. The molecule has 80 valence electrons. The molecule has 16 heavy (non-hydrogen) atoms. The van der Waals surface area contributed by atoms with E-state index in [4.69, 9.17) is 5.84 Å². The lowest BCUT2D eigenvalue weighted by Crippen LogP contribution is -2.08. The van der Waals surface area contributed by atoms with Crippen molar-refractivity contribution in [1.82, 2.24) is 4.98 Å². The van der Waals surface area contributed by atoms with Crippen molar-refractivity contribution >= 4 is 21.6 Å². The summed E-state index contributed by atoms with van der Waals surface area (Å²) in [5.74, 6) is 5.42. The van der Waals surface area contributed by atoms with Crippen molar-refractivity contribution in [2.24, 2.45) is 10.9 Å². The van der Waals surface area contributed by atoms with Crippen molar-refractivity contribution in [2.75, 3.05) is 0 Å². The number of benzene rings is 1. The zero-order chi connectivity index (χ0) is 11.4. The van der Waals surface area contributed by atoms with Crippen LogP contribution in [0.4, 0.5) is 0 Å².